The number of ether oxygens (including phenoxy) is 2. The number of nitrogens with zero attached hydrogens (tertiary/aromatic N) is 1. The zero-order chi connectivity index (χ0) is 18.9. The van der Waals surface area contributed by atoms with Crippen LogP contribution in [-0.4, -0.2) is 39.8 Å². The predicted molar refractivity (Wildman–Crippen MR) is 110 cm³/mol. The van der Waals surface area contributed by atoms with Crippen molar-refractivity contribution in [3.8, 4) is 11.5 Å². The molecule has 6 heteroatoms. The van der Waals surface area contributed by atoms with Gasteiger partial charge in [0, 0.05) is 35.8 Å². The van der Waals surface area contributed by atoms with Crippen LogP contribution in [0.5, 0.6) is 11.5 Å². The van der Waals surface area contributed by atoms with Gasteiger partial charge in [0.05, 0.1) is 14.2 Å². The fourth-order valence-electron chi connectivity index (χ4n) is 2.74. The van der Waals surface area contributed by atoms with Gasteiger partial charge in [-0.2, -0.15) is 0 Å². The molecule has 0 amide bonds. The molecule has 0 spiro atoms. The van der Waals surface area contributed by atoms with Crippen molar-refractivity contribution < 1.29 is 9.47 Å². The number of guanidine groups is 1. The summed E-state index contributed by atoms with van der Waals surface area (Å²) in [5.74, 6) is 2.33. The first-order valence-corrected chi connectivity index (χ1v) is 9.60. The molecular formula is C20H29N3O2S. The van der Waals surface area contributed by atoms with Crippen LogP contribution in [0.2, 0.25) is 0 Å². The summed E-state index contributed by atoms with van der Waals surface area (Å²) in [6.45, 7) is 5.11. The van der Waals surface area contributed by atoms with Crippen LogP contribution in [0.4, 0.5) is 0 Å². The van der Waals surface area contributed by atoms with Crippen LogP contribution in [0.15, 0.2) is 35.3 Å². The normalized spacial score (nSPS) is 12.6. The van der Waals surface area contributed by atoms with Crippen molar-refractivity contribution in [3.05, 3.63) is 45.6 Å². The molecular weight excluding hydrogens is 346 g/mol. The minimum atomic E-state index is 0.320. The van der Waals surface area contributed by atoms with Crippen molar-refractivity contribution in [3.63, 3.8) is 0 Å². The molecule has 0 saturated heterocycles. The number of aryl methyl sites for hydroxylation is 1. The van der Waals surface area contributed by atoms with E-state index in [9.17, 15) is 0 Å². The molecule has 0 saturated carbocycles. The third-order valence-electron chi connectivity index (χ3n) is 4.06. The first kappa shape index (κ1) is 20.1. The summed E-state index contributed by atoms with van der Waals surface area (Å²) in [5, 5.41) is 6.83. The molecule has 1 aromatic heterocycles. The lowest BCUT2D eigenvalue weighted by Gasteiger charge is -2.17. The molecule has 0 bridgehead atoms. The molecule has 0 aliphatic rings. The fourth-order valence-corrected chi connectivity index (χ4v) is 3.76. The van der Waals surface area contributed by atoms with Crippen molar-refractivity contribution in [2.24, 2.45) is 4.99 Å². The lowest BCUT2D eigenvalue weighted by atomic mass is 10.1. The molecule has 1 heterocycles. The second kappa shape index (κ2) is 10.1. The van der Waals surface area contributed by atoms with E-state index in [-0.39, 0.29) is 0 Å². The van der Waals surface area contributed by atoms with Crippen LogP contribution in [0, 0.1) is 6.92 Å². The van der Waals surface area contributed by atoms with Gasteiger partial charge in [-0.3, -0.25) is 4.99 Å². The number of benzene rings is 1. The van der Waals surface area contributed by atoms with E-state index in [1.54, 1.807) is 21.3 Å². The highest BCUT2D eigenvalue weighted by atomic mass is 32.1. The van der Waals surface area contributed by atoms with E-state index in [0.717, 1.165) is 36.8 Å². The summed E-state index contributed by atoms with van der Waals surface area (Å²) in [7, 11) is 5.10. The van der Waals surface area contributed by atoms with Gasteiger partial charge in [-0.25, -0.2) is 0 Å². The molecule has 26 heavy (non-hydrogen) atoms. The Morgan fingerprint density at radius 1 is 1.15 bits per heavy atom. The van der Waals surface area contributed by atoms with Gasteiger partial charge in [-0.05, 0) is 50.1 Å². The fraction of sp³-hybridized carbons (Fsp3) is 0.450. The molecule has 0 aliphatic heterocycles. The van der Waals surface area contributed by atoms with Gasteiger partial charge in [-0.15, -0.1) is 11.3 Å². The Morgan fingerprint density at radius 3 is 2.54 bits per heavy atom. The average Bonchev–Trinajstić information content (AvgIpc) is 3.05. The van der Waals surface area contributed by atoms with Crippen LogP contribution in [0.25, 0.3) is 0 Å². The van der Waals surface area contributed by atoms with Crippen molar-refractivity contribution >= 4 is 17.3 Å². The third-order valence-corrected chi connectivity index (χ3v) is 5.09. The van der Waals surface area contributed by atoms with E-state index in [1.807, 2.05) is 23.5 Å². The van der Waals surface area contributed by atoms with Gasteiger partial charge >= 0.3 is 0 Å². The number of rotatable bonds is 8. The quantitative estimate of drug-likeness (QED) is 0.548. The zero-order valence-electron chi connectivity index (χ0n) is 16.3. The van der Waals surface area contributed by atoms with Crippen LogP contribution in [0.3, 0.4) is 0 Å². The Kier molecular flexibility index (Phi) is 7.78. The zero-order valence-corrected chi connectivity index (χ0v) is 17.1. The number of hydrogen-bond acceptors (Lipinski definition) is 4. The molecule has 0 fully saturated rings. The molecule has 0 aliphatic carbocycles. The average molecular weight is 376 g/mol. The maximum Gasteiger partial charge on any atom is 0.191 e. The minimum absolute atomic E-state index is 0.320. The molecule has 2 rings (SSSR count). The van der Waals surface area contributed by atoms with Crippen molar-refractivity contribution in [1.82, 2.24) is 10.6 Å². The van der Waals surface area contributed by atoms with Gasteiger partial charge in [0.15, 0.2) is 17.5 Å². The monoisotopic (exact) mass is 375 g/mol. The van der Waals surface area contributed by atoms with E-state index in [2.05, 4.69) is 47.7 Å². The van der Waals surface area contributed by atoms with Gasteiger partial charge in [-0.1, -0.05) is 6.07 Å². The summed E-state index contributed by atoms with van der Waals surface area (Å²) < 4.78 is 10.6. The maximum atomic E-state index is 5.36. The summed E-state index contributed by atoms with van der Waals surface area (Å²) in [6, 6.07) is 10.7. The van der Waals surface area contributed by atoms with E-state index < -0.39 is 0 Å². The highest BCUT2D eigenvalue weighted by molar-refractivity contribution is 7.11. The summed E-state index contributed by atoms with van der Waals surface area (Å²) in [6.07, 6.45) is 1.87. The van der Waals surface area contributed by atoms with E-state index >= 15 is 0 Å². The second-order valence-corrected chi connectivity index (χ2v) is 7.57. The Labute approximate surface area is 160 Å². The largest absolute Gasteiger partial charge is 0.493 e. The standard InChI is InChI=1S/C20H29N3O2S/c1-14(12-17-8-6-15(2)26-17)23-20(21-3)22-11-10-16-7-9-18(24-4)19(13-16)25-5/h6-9,13-14H,10-12H2,1-5H3,(H2,21,22,23). The molecule has 142 valence electrons. The molecule has 1 unspecified atom stereocenters. The molecule has 1 atom stereocenters. The lowest BCUT2D eigenvalue weighted by molar-refractivity contribution is 0.354. The highest BCUT2D eigenvalue weighted by Gasteiger charge is 2.08. The van der Waals surface area contributed by atoms with Crippen LogP contribution in [0.1, 0.15) is 22.2 Å². The summed E-state index contributed by atoms with van der Waals surface area (Å²) in [5.41, 5.74) is 1.19. The van der Waals surface area contributed by atoms with Crippen molar-refractivity contribution in [2.75, 3.05) is 27.8 Å². The van der Waals surface area contributed by atoms with Gasteiger partial charge < -0.3 is 20.1 Å². The first-order chi connectivity index (χ1) is 12.5. The van der Waals surface area contributed by atoms with Crippen LogP contribution in [-0.2, 0) is 12.8 Å². The minimum Gasteiger partial charge on any atom is -0.493 e. The van der Waals surface area contributed by atoms with Crippen LogP contribution < -0.4 is 20.1 Å². The van der Waals surface area contributed by atoms with E-state index in [4.69, 9.17) is 9.47 Å². The molecule has 1 aromatic carbocycles. The highest BCUT2D eigenvalue weighted by Crippen LogP contribution is 2.27. The lowest BCUT2D eigenvalue weighted by Crippen LogP contribution is -2.43. The molecule has 0 radical (unpaired) electrons. The Hall–Kier alpha value is -2.21. The number of aliphatic imine (C=N–C) groups is 1. The Morgan fingerprint density at radius 2 is 1.92 bits per heavy atom. The third kappa shape index (κ3) is 5.95. The van der Waals surface area contributed by atoms with Crippen LogP contribution >= 0.6 is 11.3 Å². The van der Waals surface area contributed by atoms with Gasteiger partial charge in [0.2, 0.25) is 0 Å². The first-order valence-electron chi connectivity index (χ1n) is 8.79. The molecule has 2 aromatic rings. The summed E-state index contributed by atoms with van der Waals surface area (Å²) >= 11 is 1.85. The van der Waals surface area contributed by atoms with Crippen molar-refractivity contribution in [1.29, 1.82) is 0 Å². The topological polar surface area (TPSA) is 54.9 Å². The van der Waals surface area contributed by atoms with Crippen molar-refractivity contribution in [2.45, 2.75) is 32.7 Å². The smallest absolute Gasteiger partial charge is 0.191 e. The molecule has 5 nitrogen and oxygen atoms in total. The van der Waals surface area contributed by atoms with Gasteiger partial charge in [0.25, 0.3) is 0 Å². The number of hydrogen-bond donors (Lipinski definition) is 2. The van der Waals surface area contributed by atoms with Gasteiger partial charge in [0.1, 0.15) is 0 Å². The predicted octanol–water partition coefficient (Wildman–Crippen LogP) is 3.41. The SMILES string of the molecule is CN=C(NCCc1ccc(OC)c(OC)c1)NC(C)Cc1ccc(C)s1. The number of methoxy groups -OCH3 is 2. The Balaban J connectivity index is 1.81. The number of thiophene rings is 1. The van der Waals surface area contributed by atoms with E-state index in [1.165, 1.54) is 15.3 Å². The molecule has 2 N–H and O–H groups in total. The number of nitrogens with one attached hydrogen (secondary N) is 2. The van der Waals surface area contributed by atoms with E-state index in [0.29, 0.717) is 6.04 Å². The maximum absolute atomic E-state index is 5.36. The Bertz CT molecular complexity index is 728. The second-order valence-electron chi connectivity index (χ2n) is 6.20. The summed E-state index contributed by atoms with van der Waals surface area (Å²) in [4.78, 5) is 7.06.